The number of nitrogens with two attached hydrogens (primary N) is 1. The van der Waals surface area contributed by atoms with Crippen molar-refractivity contribution in [2.24, 2.45) is 5.73 Å². The molecular formula is C9H19N3O2. The Bertz CT molecular complexity index is 202. The van der Waals surface area contributed by atoms with Crippen LogP contribution in [0, 0.1) is 0 Å². The van der Waals surface area contributed by atoms with Crippen molar-refractivity contribution < 1.29 is 9.59 Å². The lowest BCUT2D eigenvalue weighted by atomic mass is 10.1. The third-order valence-electron chi connectivity index (χ3n) is 2.11. The normalized spacial score (nSPS) is 12.6. The molecule has 0 aromatic heterocycles. The molecule has 0 saturated heterocycles. The molecule has 0 aromatic carbocycles. The highest BCUT2D eigenvalue weighted by Crippen LogP contribution is 1.98. The van der Waals surface area contributed by atoms with Crippen molar-refractivity contribution in [3.05, 3.63) is 0 Å². The Morgan fingerprint density at radius 2 is 1.79 bits per heavy atom. The van der Waals surface area contributed by atoms with Crippen molar-refractivity contribution in [3.63, 3.8) is 0 Å². The number of primary amides is 1. The number of imide groups is 1. The summed E-state index contributed by atoms with van der Waals surface area (Å²) >= 11 is 0. The molecule has 14 heavy (non-hydrogen) atoms. The average molecular weight is 201 g/mol. The van der Waals surface area contributed by atoms with E-state index in [1.165, 1.54) is 0 Å². The number of hydrogen-bond acceptors (Lipinski definition) is 3. The van der Waals surface area contributed by atoms with Gasteiger partial charge in [-0.2, -0.15) is 0 Å². The zero-order valence-corrected chi connectivity index (χ0v) is 8.96. The quantitative estimate of drug-likeness (QED) is 0.600. The maximum Gasteiger partial charge on any atom is 0.318 e. The topological polar surface area (TPSA) is 84.2 Å². The minimum absolute atomic E-state index is 0.295. The highest BCUT2D eigenvalue weighted by atomic mass is 16.2. The minimum Gasteiger partial charge on any atom is -0.351 e. The number of urea groups is 1. The molecule has 0 saturated carbocycles. The van der Waals surface area contributed by atoms with Crippen LogP contribution < -0.4 is 16.4 Å². The van der Waals surface area contributed by atoms with Crippen LogP contribution in [0.2, 0.25) is 0 Å². The number of hydrogen-bond donors (Lipinski definition) is 3. The van der Waals surface area contributed by atoms with E-state index in [9.17, 15) is 9.59 Å². The molecule has 5 heteroatoms. The molecular weight excluding hydrogens is 182 g/mol. The molecule has 3 amide bonds. The fourth-order valence-electron chi connectivity index (χ4n) is 1.18. The molecule has 5 nitrogen and oxygen atoms in total. The van der Waals surface area contributed by atoms with E-state index >= 15 is 0 Å². The van der Waals surface area contributed by atoms with Crippen LogP contribution >= 0.6 is 0 Å². The largest absolute Gasteiger partial charge is 0.351 e. The van der Waals surface area contributed by atoms with Crippen molar-refractivity contribution in [3.8, 4) is 0 Å². The first kappa shape index (κ1) is 12.9. The van der Waals surface area contributed by atoms with E-state index in [4.69, 9.17) is 5.73 Å². The van der Waals surface area contributed by atoms with Gasteiger partial charge in [-0.05, 0) is 19.8 Å². The molecule has 1 unspecified atom stereocenters. The van der Waals surface area contributed by atoms with Gasteiger partial charge in [0.25, 0.3) is 0 Å². The van der Waals surface area contributed by atoms with Gasteiger partial charge < -0.3 is 11.1 Å². The van der Waals surface area contributed by atoms with Crippen molar-refractivity contribution in [2.75, 3.05) is 0 Å². The molecule has 0 aliphatic carbocycles. The van der Waals surface area contributed by atoms with E-state index in [-0.39, 0.29) is 5.91 Å². The molecule has 0 radical (unpaired) electrons. The molecule has 0 bridgehead atoms. The van der Waals surface area contributed by atoms with Crippen molar-refractivity contribution >= 4 is 11.9 Å². The second-order valence-corrected chi connectivity index (χ2v) is 3.26. The Labute approximate surface area is 84.4 Å². The monoisotopic (exact) mass is 201 g/mol. The van der Waals surface area contributed by atoms with E-state index in [0.29, 0.717) is 6.04 Å². The van der Waals surface area contributed by atoms with Gasteiger partial charge in [0.05, 0.1) is 6.04 Å². The fraction of sp³-hybridized carbons (Fsp3) is 0.778. The van der Waals surface area contributed by atoms with Gasteiger partial charge in [0, 0.05) is 6.04 Å². The molecule has 0 fully saturated rings. The van der Waals surface area contributed by atoms with Crippen LogP contribution in [0.25, 0.3) is 0 Å². The molecule has 1 atom stereocenters. The summed E-state index contributed by atoms with van der Waals surface area (Å²) in [5.74, 6) is -0.385. The highest BCUT2D eigenvalue weighted by molar-refractivity contribution is 5.96. The van der Waals surface area contributed by atoms with Gasteiger partial charge in [-0.1, -0.05) is 13.8 Å². The van der Waals surface area contributed by atoms with Crippen molar-refractivity contribution in [2.45, 2.75) is 45.7 Å². The molecule has 4 N–H and O–H groups in total. The smallest absolute Gasteiger partial charge is 0.318 e. The lowest BCUT2D eigenvalue weighted by molar-refractivity contribution is -0.121. The van der Waals surface area contributed by atoms with Gasteiger partial charge in [-0.25, -0.2) is 4.79 Å². The summed E-state index contributed by atoms with van der Waals surface area (Å²) in [6, 6.07) is -0.913. The second kappa shape index (κ2) is 6.37. The standard InChI is InChI=1S/C9H19N3O2/c1-4-7(5-2)11-6(3)8(13)12-9(10)14/h6-7,11H,4-5H2,1-3H3,(H3,10,12,13,14). The number of rotatable bonds is 5. The molecule has 0 spiro atoms. The Hall–Kier alpha value is -1.10. The van der Waals surface area contributed by atoms with Crippen LogP contribution in [0.1, 0.15) is 33.6 Å². The third-order valence-corrected chi connectivity index (χ3v) is 2.11. The van der Waals surface area contributed by atoms with Crippen molar-refractivity contribution in [1.82, 2.24) is 10.6 Å². The van der Waals surface area contributed by atoms with Crippen LogP contribution in [0.3, 0.4) is 0 Å². The van der Waals surface area contributed by atoms with E-state index in [2.05, 4.69) is 5.32 Å². The van der Waals surface area contributed by atoms with Gasteiger partial charge in [0.15, 0.2) is 0 Å². The van der Waals surface area contributed by atoms with Crippen LogP contribution in [0.5, 0.6) is 0 Å². The Kier molecular flexibility index (Phi) is 5.87. The highest BCUT2D eigenvalue weighted by Gasteiger charge is 2.16. The average Bonchev–Trinajstić information content (AvgIpc) is 2.12. The molecule has 0 aromatic rings. The number of carbonyl (C=O) groups excluding carboxylic acids is 2. The Morgan fingerprint density at radius 3 is 2.14 bits per heavy atom. The van der Waals surface area contributed by atoms with E-state index in [0.717, 1.165) is 12.8 Å². The molecule has 0 aliphatic rings. The van der Waals surface area contributed by atoms with Gasteiger partial charge in [-0.3, -0.25) is 10.1 Å². The maximum absolute atomic E-state index is 11.2. The third kappa shape index (κ3) is 4.81. The first-order valence-electron chi connectivity index (χ1n) is 4.87. The van der Waals surface area contributed by atoms with Crippen LogP contribution in [0.15, 0.2) is 0 Å². The molecule has 82 valence electrons. The fourth-order valence-corrected chi connectivity index (χ4v) is 1.18. The van der Waals surface area contributed by atoms with Crippen LogP contribution in [-0.4, -0.2) is 24.0 Å². The van der Waals surface area contributed by atoms with Crippen LogP contribution in [-0.2, 0) is 4.79 Å². The van der Waals surface area contributed by atoms with Gasteiger partial charge in [0.2, 0.25) is 5.91 Å². The number of nitrogens with one attached hydrogen (secondary N) is 2. The number of carbonyl (C=O) groups is 2. The zero-order valence-electron chi connectivity index (χ0n) is 8.96. The predicted molar refractivity (Wildman–Crippen MR) is 54.7 cm³/mol. The van der Waals surface area contributed by atoms with E-state index in [1.54, 1.807) is 6.92 Å². The summed E-state index contributed by atoms with van der Waals surface area (Å²) < 4.78 is 0. The minimum atomic E-state index is -0.812. The lowest BCUT2D eigenvalue weighted by Gasteiger charge is -2.19. The summed E-state index contributed by atoms with van der Waals surface area (Å²) in [5, 5.41) is 5.14. The van der Waals surface area contributed by atoms with Gasteiger partial charge in [0.1, 0.15) is 0 Å². The van der Waals surface area contributed by atoms with E-state index in [1.807, 2.05) is 19.2 Å². The Balaban J connectivity index is 3.99. The lowest BCUT2D eigenvalue weighted by Crippen LogP contribution is -2.49. The van der Waals surface area contributed by atoms with Crippen LogP contribution in [0.4, 0.5) is 4.79 Å². The summed E-state index contributed by atoms with van der Waals surface area (Å²) in [5.41, 5.74) is 4.83. The Morgan fingerprint density at radius 1 is 1.29 bits per heavy atom. The summed E-state index contributed by atoms with van der Waals surface area (Å²) in [6.07, 6.45) is 1.90. The summed E-state index contributed by atoms with van der Waals surface area (Å²) in [7, 11) is 0. The summed E-state index contributed by atoms with van der Waals surface area (Å²) in [4.78, 5) is 21.6. The first-order chi connectivity index (χ1) is 6.51. The molecule has 0 aliphatic heterocycles. The second-order valence-electron chi connectivity index (χ2n) is 3.26. The van der Waals surface area contributed by atoms with Gasteiger partial charge >= 0.3 is 6.03 Å². The van der Waals surface area contributed by atoms with Gasteiger partial charge in [-0.15, -0.1) is 0 Å². The SMILES string of the molecule is CCC(CC)NC(C)C(=O)NC(N)=O. The van der Waals surface area contributed by atoms with E-state index < -0.39 is 12.1 Å². The van der Waals surface area contributed by atoms with Crippen molar-refractivity contribution in [1.29, 1.82) is 0 Å². The summed E-state index contributed by atoms with van der Waals surface area (Å²) in [6.45, 7) is 5.79. The maximum atomic E-state index is 11.2. The number of amides is 3. The predicted octanol–water partition coefficient (Wildman–Crippen LogP) is 0.348. The molecule has 0 heterocycles. The molecule has 0 rings (SSSR count). The zero-order chi connectivity index (χ0) is 11.1. The first-order valence-corrected chi connectivity index (χ1v) is 4.87.